The summed E-state index contributed by atoms with van der Waals surface area (Å²) >= 11 is 10.1. The zero-order valence-electron chi connectivity index (χ0n) is 18.9. The topological polar surface area (TPSA) is 88.2 Å². The lowest BCUT2D eigenvalue weighted by Gasteiger charge is -2.31. The van der Waals surface area contributed by atoms with Gasteiger partial charge in [0.25, 0.3) is 0 Å². The molecule has 8 nitrogen and oxygen atoms in total. The third-order valence-electron chi connectivity index (χ3n) is 7.15. The number of ether oxygens (including phenoxy) is 2. The van der Waals surface area contributed by atoms with Crippen LogP contribution in [0.1, 0.15) is 30.4 Å². The smallest absolute Gasteiger partial charge is 0.301 e. The Bertz CT molecular complexity index is 1240. The largest absolute Gasteiger partial charge is 0.462 e. The average molecular weight is 564 g/mol. The predicted octanol–water partition coefficient (Wildman–Crippen LogP) is 4.50. The first-order valence-electron chi connectivity index (χ1n) is 11.6. The summed E-state index contributed by atoms with van der Waals surface area (Å²) in [5.74, 6) is 2.00. The van der Waals surface area contributed by atoms with Gasteiger partial charge in [0.2, 0.25) is 0 Å². The van der Waals surface area contributed by atoms with Crippen LogP contribution < -0.4 is 15.8 Å². The SMILES string of the molecule is Nc1ncccc1CN1C=C(OC[C@@]23CCCN2C[C@H](F)C3)Oc2cc(Br)c(Cl)c3c2C1=NCN3. The third-order valence-corrected chi connectivity index (χ3v) is 8.39. The van der Waals surface area contributed by atoms with E-state index in [1.807, 2.05) is 23.1 Å². The lowest BCUT2D eigenvalue weighted by molar-refractivity contribution is 0.0270. The minimum atomic E-state index is -0.826. The highest BCUT2D eigenvalue weighted by Crippen LogP contribution is 2.45. The number of benzene rings is 1. The number of alkyl halides is 1. The molecular weight excluding hydrogens is 539 g/mol. The maximum absolute atomic E-state index is 14.3. The van der Waals surface area contributed by atoms with Gasteiger partial charge < -0.3 is 25.4 Å². The number of hydrogen-bond donors (Lipinski definition) is 2. The van der Waals surface area contributed by atoms with Crippen LogP contribution in [0.3, 0.4) is 0 Å². The summed E-state index contributed by atoms with van der Waals surface area (Å²) in [6, 6.07) is 5.59. The van der Waals surface area contributed by atoms with Gasteiger partial charge in [0.15, 0.2) is 0 Å². The fourth-order valence-electron chi connectivity index (χ4n) is 5.51. The van der Waals surface area contributed by atoms with E-state index in [9.17, 15) is 4.39 Å². The van der Waals surface area contributed by atoms with E-state index in [1.165, 1.54) is 0 Å². The van der Waals surface area contributed by atoms with E-state index in [0.717, 1.165) is 36.2 Å². The van der Waals surface area contributed by atoms with E-state index in [2.05, 4.69) is 31.1 Å². The molecule has 2 aromatic rings. The summed E-state index contributed by atoms with van der Waals surface area (Å²) in [5, 5.41) is 3.80. The summed E-state index contributed by atoms with van der Waals surface area (Å²) in [5.41, 5.74) is 8.17. The molecule has 0 unspecified atom stereocenters. The Kier molecular flexibility index (Phi) is 5.77. The monoisotopic (exact) mass is 562 g/mol. The van der Waals surface area contributed by atoms with Crippen molar-refractivity contribution < 1.29 is 13.9 Å². The van der Waals surface area contributed by atoms with Crippen molar-refractivity contribution in [2.24, 2.45) is 4.99 Å². The van der Waals surface area contributed by atoms with Gasteiger partial charge in [0.1, 0.15) is 36.9 Å². The number of pyridine rings is 1. The maximum atomic E-state index is 14.3. The number of anilines is 2. The molecule has 4 aliphatic heterocycles. The van der Waals surface area contributed by atoms with E-state index in [-0.39, 0.29) is 5.54 Å². The Morgan fingerprint density at radius 2 is 2.31 bits per heavy atom. The Hall–Kier alpha value is -2.56. The minimum absolute atomic E-state index is 0.296. The normalized spacial score (nSPS) is 25.1. The molecule has 5 heterocycles. The fourth-order valence-corrected chi connectivity index (χ4v) is 6.13. The van der Waals surface area contributed by atoms with Gasteiger partial charge in [0.05, 0.1) is 34.6 Å². The molecule has 0 spiro atoms. The Labute approximate surface area is 216 Å². The van der Waals surface area contributed by atoms with Gasteiger partial charge in [-0.15, -0.1) is 0 Å². The molecule has 2 saturated heterocycles. The number of nitrogens with two attached hydrogens (primary N) is 1. The molecule has 184 valence electrons. The zero-order valence-corrected chi connectivity index (χ0v) is 21.3. The number of nitrogens with zero attached hydrogens (tertiary/aromatic N) is 4. The molecular formula is C24H25BrClFN6O2. The van der Waals surface area contributed by atoms with Crippen LogP contribution in [0.4, 0.5) is 15.9 Å². The van der Waals surface area contributed by atoms with Crippen molar-refractivity contribution in [1.29, 1.82) is 0 Å². The van der Waals surface area contributed by atoms with Crippen molar-refractivity contribution in [3.63, 3.8) is 0 Å². The van der Waals surface area contributed by atoms with Crippen molar-refractivity contribution in [3.05, 3.63) is 57.2 Å². The number of rotatable bonds is 5. The number of aromatic nitrogens is 1. The van der Waals surface area contributed by atoms with Crippen LogP contribution >= 0.6 is 27.5 Å². The molecule has 4 aliphatic rings. The Morgan fingerprint density at radius 3 is 3.17 bits per heavy atom. The van der Waals surface area contributed by atoms with Crippen LogP contribution in [0.25, 0.3) is 0 Å². The van der Waals surface area contributed by atoms with Crippen LogP contribution in [0.2, 0.25) is 5.02 Å². The first-order valence-corrected chi connectivity index (χ1v) is 12.8. The van der Waals surface area contributed by atoms with Crippen molar-refractivity contribution >= 4 is 44.9 Å². The van der Waals surface area contributed by atoms with E-state index in [4.69, 9.17) is 31.8 Å². The van der Waals surface area contributed by atoms with Gasteiger partial charge >= 0.3 is 5.95 Å². The molecule has 1 aromatic carbocycles. The quantitative estimate of drug-likeness (QED) is 0.554. The molecule has 2 fully saturated rings. The first-order chi connectivity index (χ1) is 16.9. The number of nitrogens with one attached hydrogen (secondary N) is 1. The summed E-state index contributed by atoms with van der Waals surface area (Å²) < 4.78 is 27.6. The molecule has 1 aromatic heterocycles. The third kappa shape index (κ3) is 4.01. The number of fused-ring (bicyclic) bond motifs is 1. The number of halogens is 3. The molecule has 6 rings (SSSR count). The van der Waals surface area contributed by atoms with Crippen molar-refractivity contribution in [2.45, 2.75) is 37.5 Å². The number of hydrogen-bond acceptors (Lipinski definition) is 8. The molecule has 3 N–H and O–H groups in total. The highest BCUT2D eigenvalue weighted by atomic mass is 79.9. The fraction of sp³-hybridized carbons (Fsp3) is 0.417. The van der Waals surface area contributed by atoms with Gasteiger partial charge in [-0.3, -0.25) is 4.90 Å². The molecule has 0 bridgehead atoms. The second-order valence-corrected chi connectivity index (χ2v) is 10.6. The molecule has 0 saturated carbocycles. The highest BCUT2D eigenvalue weighted by molar-refractivity contribution is 9.10. The summed E-state index contributed by atoms with van der Waals surface area (Å²) in [4.78, 5) is 13.1. The second kappa shape index (κ2) is 8.83. The molecule has 11 heteroatoms. The molecule has 2 atom stereocenters. The Morgan fingerprint density at radius 1 is 1.43 bits per heavy atom. The number of aliphatic imine (C=N–C) groups is 1. The van der Waals surface area contributed by atoms with Crippen LogP contribution in [-0.2, 0) is 11.3 Å². The van der Waals surface area contributed by atoms with Crippen LogP contribution in [-0.4, -0.2) is 58.7 Å². The van der Waals surface area contributed by atoms with Crippen LogP contribution in [0.15, 0.2) is 46.0 Å². The van der Waals surface area contributed by atoms with Gasteiger partial charge in [-0.25, -0.2) is 14.4 Å². The van der Waals surface area contributed by atoms with Crippen molar-refractivity contribution in [1.82, 2.24) is 14.8 Å². The number of amidine groups is 1. The van der Waals surface area contributed by atoms with E-state index < -0.39 is 6.17 Å². The van der Waals surface area contributed by atoms with E-state index >= 15 is 0 Å². The van der Waals surface area contributed by atoms with Crippen molar-refractivity contribution in [2.75, 3.05) is 37.4 Å². The van der Waals surface area contributed by atoms with E-state index in [0.29, 0.717) is 65.6 Å². The van der Waals surface area contributed by atoms with Crippen LogP contribution in [0, 0.1) is 0 Å². The van der Waals surface area contributed by atoms with E-state index in [1.54, 1.807) is 12.4 Å². The first kappa shape index (κ1) is 22.9. The lowest BCUT2D eigenvalue weighted by atomic mass is 9.95. The van der Waals surface area contributed by atoms with Gasteiger partial charge in [-0.1, -0.05) is 17.7 Å². The summed E-state index contributed by atoms with van der Waals surface area (Å²) in [7, 11) is 0. The second-order valence-electron chi connectivity index (χ2n) is 9.33. The summed E-state index contributed by atoms with van der Waals surface area (Å²) in [6.07, 6.45) is 5.06. The van der Waals surface area contributed by atoms with Gasteiger partial charge in [-0.2, -0.15) is 0 Å². The number of nitrogen functional groups attached to an aromatic ring is 1. The van der Waals surface area contributed by atoms with Gasteiger partial charge in [0, 0.05) is 29.2 Å². The predicted molar refractivity (Wildman–Crippen MR) is 136 cm³/mol. The lowest BCUT2D eigenvalue weighted by Crippen LogP contribution is -2.42. The minimum Gasteiger partial charge on any atom is -0.462 e. The van der Waals surface area contributed by atoms with Gasteiger partial charge in [-0.05, 0) is 47.4 Å². The average Bonchev–Trinajstić information content (AvgIpc) is 3.31. The zero-order chi connectivity index (χ0) is 24.2. The molecule has 0 aliphatic carbocycles. The maximum Gasteiger partial charge on any atom is 0.301 e. The molecule has 0 amide bonds. The van der Waals surface area contributed by atoms with Crippen LogP contribution in [0.5, 0.6) is 5.75 Å². The highest BCUT2D eigenvalue weighted by Gasteiger charge is 2.49. The standard InChI is InChI=1S/C24H25BrClFN6O2/c25-16-7-17-19-21(20(16)26)30-13-31-23(19)32(9-14-3-1-5-29-22(14)28)11-18(35-17)34-12-24-4-2-6-33(24)10-15(27)8-24/h1,3,5,7,11,15,30H,2,4,6,8-10,12-13H2,(H2,28,29)/t15-,24+/m1/s1. The summed E-state index contributed by atoms with van der Waals surface area (Å²) in [6.45, 7) is 2.48. The molecule has 0 radical (unpaired) electrons. The molecule has 35 heavy (non-hydrogen) atoms. The Balaban J connectivity index is 1.38. The van der Waals surface area contributed by atoms with Crippen molar-refractivity contribution in [3.8, 4) is 5.75 Å².